The molecule has 0 saturated carbocycles. The number of rotatable bonds is 5. The number of anilines is 1. The Morgan fingerprint density at radius 1 is 1.29 bits per heavy atom. The third-order valence-corrected chi connectivity index (χ3v) is 3.63. The first-order valence-corrected chi connectivity index (χ1v) is 7.11. The molecule has 112 valence electrons. The molecular weight excluding hydrogens is 313 g/mol. The summed E-state index contributed by atoms with van der Waals surface area (Å²) in [4.78, 5) is 11.9. The van der Waals surface area contributed by atoms with E-state index in [4.69, 9.17) is 27.7 Å². The van der Waals surface area contributed by atoms with Crippen molar-refractivity contribution in [3.05, 3.63) is 45.3 Å². The van der Waals surface area contributed by atoms with Crippen LogP contribution in [0.15, 0.2) is 22.7 Å². The van der Waals surface area contributed by atoms with E-state index in [1.165, 1.54) is 0 Å². The number of carbonyl (C=O) groups excluding carboxylic acids is 1. The summed E-state index contributed by atoms with van der Waals surface area (Å²) in [5.41, 5.74) is 2.19. The topological polar surface area (TPSA) is 67.2 Å². The van der Waals surface area contributed by atoms with E-state index < -0.39 is 0 Å². The third kappa shape index (κ3) is 3.97. The second-order valence-electron chi connectivity index (χ2n) is 4.55. The number of amides is 1. The lowest BCUT2D eigenvalue weighted by Gasteiger charge is -2.09. The quantitative estimate of drug-likeness (QED) is 0.883. The number of halogens is 2. The minimum Gasteiger partial charge on any atom is -0.361 e. The summed E-state index contributed by atoms with van der Waals surface area (Å²) in [5, 5.41) is 10.4. The van der Waals surface area contributed by atoms with Crippen molar-refractivity contribution in [2.24, 2.45) is 0 Å². The van der Waals surface area contributed by atoms with Crippen molar-refractivity contribution in [2.75, 3.05) is 11.9 Å². The molecule has 1 aromatic heterocycles. The molecule has 0 fully saturated rings. The van der Waals surface area contributed by atoms with Gasteiger partial charge in [-0.3, -0.25) is 4.79 Å². The normalized spacial score (nSPS) is 10.7. The highest BCUT2D eigenvalue weighted by molar-refractivity contribution is 6.39. The molecule has 1 amide bonds. The first-order chi connectivity index (χ1) is 9.99. The van der Waals surface area contributed by atoms with E-state index in [0.717, 1.165) is 17.0 Å². The van der Waals surface area contributed by atoms with Crippen LogP contribution < -0.4 is 10.6 Å². The van der Waals surface area contributed by atoms with E-state index in [-0.39, 0.29) is 12.5 Å². The van der Waals surface area contributed by atoms with Gasteiger partial charge in [0, 0.05) is 12.1 Å². The van der Waals surface area contributed by atoms with Crippen LogP contribution in [-0.4, -0.2) is 17.6 Å². The predicted octanol–water partition coefficient (Wildman–Crippen LogP) is 3.33. The number of nitrogens with zero attached hydrogens (tertiary/aromatic N) is 1. The monoisotopic (exact) mass is 327 g/mol. The second-order valence-corrected chi connectivity index (χ2v) is 5.37. The maximum absolute atomic E-state index is 11.9. The average Bonchev–Trinajstić information content (AvgIpc) is 2.75. The number of benzene rings is 1. The Labute approximate surface area is 132 Å². The number of carbonyl (C=O) groups is 1. The van der Waals surface area contributed by atoms with Crippen molar-refractivity contribution >= 4 is 34.8 Å². The third-order valence-electron chi connectivity index (χ3n) is 3.00. The van der Waals surface area contributed by atoms with Gasteiger partial charge in [0.05, 0.1) is 28.0 Å². The van der Waals surface area contributed by atoms with Gasteiger partial charge in [-0.15, -0.1) is 0 Å². The van der Waals surface area contributed by atoms with Crippen molar-refractivity contribution < 1.29 is 9.32 Å². The summed E-state index contributed by atoms with van der Waals surface area (Å²) >= 11 is 12.0. The molecule has 0 spiro atoms. The molecule has 0 aliphatic heterocycles. The minimum absolute atomic E-state index is 0.131. The van der Waals surface area contributed by atoms with E-state index in [9.17, 15) is 4.79 Å². The fourth-order valence-corrected chi connectivity index (χ4v) is 2.35. The highest BCUT2D eigenvalue weighted by Crippen LogP contribution is 2.29. The largest absolute Gasteiger partial charge is 0.361 e. The maximum atomic E-state index is 11.9. The highest BCUT2D eigenvalue weighted by atomic mass is 35.5. The molecule has 0 saturated heterocycles. The van der Waals surface area contributed by atoms with Crippen LogP contribution >= 0.6 is 23.2 Å². The molecule has 0 radical (unpaired) electrons. The SMILES string of the molecule is Cc1noc(C)c1CNCC(=O)Nc1c(Cl)cccc1Cl. The summed E-state index contributed by atoms with van der Waals surface area (Å²) in [6.45, 7) is 4.33. The molecular formula is C14H15Cl2N3O2. The van der Waals surface area contributed by atoms with Gasteiger partial charge >= 0.3 is 0 Å². The number of nitrogens with one attached hydrogen (secondary N) is 2. The summed E-state index contributed by atoms with van der Waals surface area (Å²) in [6, 6.07) is 5.05. The maximum Gasteiger partial charge on any atom is 0.238 e. The van der Waals surface area contributed by atoms with E-state index in [1.807, 2.05) is 13.8 Å². The standard InChI is InChI=1S/C14H15Cl2N3O2/c1-8-10(9(2)21-19-8)6-17-7-13(20)18-14-11(15)4-3-5-12(14)16/h3-5,17H,6-7H2,1-2H3,(H,18,20). The van der Waals surface area contributed by atoms with E-state index >= 15 is 0 Å². The van der Waals surface area contributed by atoms with E-state index in [0.29, 0.717) is 22.3 Å². The first kappa shape index (κ1) is 15.8. The Hall–Kier alpha value is -1.56. The van der Waals surface area contributed by atoms with Crippen LogP contribution in [-0.2, 0) is 11.3 Å². The van der Waals surface area contributed by atoms with Gasteiger partial charge in [-0.2, -0.15) is 0 Å². The van der Waals surface area contributed by atoms with Crippen LogP contribution in [0, 0.1) is 13.8 Å². The van der Waals surface area contributed by atoms with Crippen molar-refractivity contribution in [3.8, 4) is 0 Å². The molecule has 1 heterocycles. The number of aryl methyl sites for hydroxylation is 2. The fraction of sp³-hybridized carbons (Fsp3) is 0.286. The van der Waals surface area contributed by atoms with Gasteiger partial charge in [0.25, 0.3) is 0 Å². The van der Waals surface area contributed by atoms with Gasteiger partial charge in [-0.05, 0) is 26.0 Å². The molecule has 2 aromatic rings. The summed E-state index contributed by atoms with van der Waals surface area (Å²) in [5.74, 6) is 0.520. The minimum atomic E-state index is -0.225. The molecule has 0 aliphatic rings. The lowest BCUT2D eigenvalue weighted by molar-refractivity contribution is -0.115. The Morgan fingerprint density at radius 2 is 1.95 bits per heavy atom. The lowest BCUT2D eigenvalue weighted by atomic mass is 10.2. The highest BCUT2D eigenvalue weighted by Gasteiger charge is 2.11. The summed E-state index contributed by atoms with van der Waals surface area (Å²) in [7, 11) is 0. The molecule has 0 atom stereocenters. The van der Waals surface area contributed by atoms with Gasteiger partial charge in [-0.1, -0.05) is 34.4 Å². The fourth-order valence-electron chi connectivity index (χ4n) is 1.86. The molecule has 1 aromatic carbocycles. The zero-order valence-corrected chi connectivity index (χ0v) is 13.2. The average molecular weight is 328 g/mol. The van der Waals surface area contributed by atoms with Crippen LogP contribution in [0.2, 0.25) is 10.0 Å². The Bertz CT molecular complexity index is 616. The Morgan fingerprint density at radius 3 is 2.52 bits per heavy atom. The molecule has 21 heavy (non-hydrogen) atoms. The van der Waals surface area contributed by atoms with Crippen molar-refractivity contribution in [1.29, 1.82) is 0 Å². The van der Waals surface area contributed by atoms with Gasteiger partial charge in [-0.25, -0.2) is 0 Å². The second kappa shape index (κ2) is 6.93. The molecule has 7 heteroatoms. The Balaban J connectivity index is 1.88. The van der Waals surface area contributed by atoms with Crippen LogP contribution in [0.4, 0.5) is 5.69 Å². The molecule has 2 rings (SSSR count). The zero-order valence-electron chi connectivity index (χ0n) is 11.7. The van der Waals surface area contributed by atoms with E-state index in [2.05, 4.69) is 15.8 Å². The number of hydrogen-bond acceptors (Lipinski definition) is 4. The van der Waals surface area contributed by atoms with Gasteiger partial charge < -0.3 is 15.2 Å². The number of hydrogen-bond donors (Lipinski definition) is 2. The van der Waals surface area contributed by atoms with E-state index in [1.54, 1.807) is 18.2 Å². The van der Waals surface area contributed by atoms with Gasteiger partial charge in [0.1, 0.15) is 5.76 Å². The Kier molecular flexibility index (Phi) is 5.22. The van der Waals surface area contributed by atoms with Crippen LogP contribution in [0.25, 0.3) is 0 Å². The molecule has 2 N–H and O–H groups in total. The van der Waals surface area contributed by atoms with Crippen molar-refractivity contribution in [2.45, 2.75) is 20.4 Å². The molecule has 5 nitrogen and oxygen atoms in total. The zero-order chi connectivity index (χ0) is 15.4. The van der Waals surface area contributed by atoms with Crippen molar-refractivity contribution in [3.63, 3.8) is 0 Å². The van der Waals surface area contributed by atoms with Crippen LogP contribution in [0.1, 0.15) is 17.0 Å². The van der Waals surface area contributed by atoms with Crippen LogP contribution in [0.5, 0.6) is 0 Å². The molecule has 0 bridgehead atoms. The molecule has 0 aliphatic carbocycles. The number of aromatic nitrogens is 1. The smallest absolute Gasteiger partial charge is 0.238 e. The van der Waals surface area contributed by atoms with Gasteiger partial charge in [0.2, 0.25) is 5.91 Å². The number of para-hydroxylation sites is 1. The van der Waals surface area contributed by atoms with Gasteiger partial charge in [0.15, 0.2) is 0 Å². The predicted molar refractivity (Wildman–Crippen MR) is 82.8 cm³/mol. The molecule has 0 unspecified atom stereocenters. The lowest BCUT2D eigenvalue weighted by Crippen LogP contribution is -2.28. The first-order valence-electron chi connectivity index (χ1n) is 6.35. The summed E-state index contributed by atoms with van der Waals surface area (Å²) < 4.78 is 5.05. The summed E-state index contributed by atoms with van der Waals surface area (Å²) in [6.07, 6.45) is 0. The van der Waals surface area contributed by atoms with Crippen molar-refractivity contribution in [1.82, 2.24) is 10.5 Å². The van der Waals surface area contributed by atoms with Crippen LogP contribution in [0.3, 0.4) is 0 Å².